The Kier molecular flexibility index (Phi) is 5.42. The van der Waals surface area contributed by atoms with Crippen LogP contribution in [0.1, 0.15) is 19.8 Å². The summed E-state index contributed by atoms with van der Waals surface area (Å²) < 4.78 is 0. The Labute approximate surface area is 127 Å². The van der Waals surface area contributed by atoms with Crippen LogP contribution in [-0.4, -0.2) is 53.9 Å². The van der Waals surface area contributed by atoms with Crippen LogP contribution >= 0.6 is 0 Å². The predicted octanol–water partition coefficient (Wildman–Crippen LogP) is -2.01. The van der Waals surface area contributed by atoms with Crippen molar-refractivity contribution < 1.29 is 14.4 Å². The SMILES string of the molecule is CCCC(N)(C#N)C(=O)N(C)C1CN=C(NC(N)=O)NC1=O. The molecule has 10 nitrogen and oxygen atoms in total. The second-order valence-electron chi connectivity index (χ2n) is 4.93. The van der Waals surface area contributed by atoms with Crippen molar-refractivity contribution in [3.8, 4) is 6.07 Å². The fourth-order valence-corrected chi connectivity index (χ4v) is 2.05. The molecule has 1 aliphatic rings. The van der Waals surface area contributed by atoms with Crippen LogP contribution in [0.4, 0.5) is 4.79 Å². The molecule has 120 valence electrons. The Morgan fingerprint density at radius 3 is 2.73 bits per heavy atom. The first kappa shape index (κ1) is 17.4. The predicted molar refractivity (Wildman–Crippen MR) is 77.2 cm³/mol. The lowest BCUT2D eigenvalue weighted by Crippen LogP contribution is -2.62. The molecule has 0 saturated heterocycles. The molecule has 22 heavy (non-hydrogen) atoms. The van der Waals surface area contributed by atoms with E-state index < -0.39 is 29.4 Å². The van der Waals surface area contributed by atoms with Crippen molar-refractivity contribution in [3.05, 3.63) is 0 Å². The molecule has 0 radical (unpaired) electrons. The van der Waals surface area contributed by atoms with Crippen molar-refractivity contribution in [1.82, 2.24) is 15.5 Å². The molecule has 0 aromatic carbocycles. The number of nitrogens with one attached hydrogen (secondary N) is 2. The highest BCUT2D eigenvalue weighted by Gasteiger charge is 2.40. The highest BCUT2D eigenvalue weighted by Crippen LogP contribution is 2.15. The summed E-state index contributed by atoms with van der Waals surface area (Å²) in [6.45, 7) is 1.73. The second kappa shape index (κ2) is 6.86. The van der Waals surface area contributed by atoms with E-state index in [9.17, 15) is 14.4 Å². The molecule has 0 aromatic rings. The van der Waals surface area contributed by atoms with Gasteiger partial charge in [0, 0.05) is 7.05 Å². The molecule has 0 saturated carbocycles. The van der Waals surface area contributed by atoms with Gasteiger partial charge in [-0.15, -0.1) is 0 Å². The maximum Gasteiger partial charge on any atom is 0.318 e. The molecule has 0 spiro atoms. The Hall–Kier alpha value is -2.67. The third kappa shape index (κ3) is 3.70. The molecule has 2 atom stereocenters. The van der Waals surface area contributed by atoms with Crippen LogP contribution in [0.25, 0.3) is 0 Å². The lowest BCUT2D eigenvalue weighted by Gasteiger charge is -2.33. The van der Waals surface area contributed by atoms with Crippen molar-refractivity contribution in [2.45, 2.75) is 31.3 Å². The number of nitrogens with zero attached hydrogens (tertiary/aromatic N) is 3. The number of nitriles is 1. The fraction of sp³-hybridized carbons (Fsp3) is 0.583. The van der Waals surface area contributed by atoms with Crippen LogP contribution in [0.5, 0.6) is 0 Å². The topological polar surface area (TPSA) is 167 Å². The summed E-state index contributed by atoms with van der Waals surface area (Å²) in [4.78, 5) is 40.1. The second-order valence-corrected chi connectivity index (χ2v) is 4.93. The van der Waals surface area contributed by atoms with Crippen molar-refractivity contribution in [2.75, 3.05) is 13.6 Å². The molecule has 2 unspecified atom stereocenters. The summed E-state index contributed by atoms with van der Waals surface area (Å²) in [6, 6.07) is 0.0114. The van der Waals surface area contributed by atoms with Gasteiger partial charge >= 0.3 is 6.03 Å². The number of carbonyl (C=O) groups is 3. The first-order valence-corrected chi connectivity index (χ1v) is 6.64. The zero-order chi connectivity index (χ0) is 16.9. The summed E-state index contributed by atoms with van der Waals surface area (Å²) in [5.74, 6) is -1.28. The van der Waals surface area contributed by atoms with Crippen LogP contribution < -0.4 is 22.1 Å². The maximum atomic E-state index is 12.4. The molecular formula is C12H19N7O3. The molecule has 0 fully saturated rings. The summed E-state index contributed by atoms with van der Waals surface area (Å²) in [6.07, 6.45) is 0.726. The summed E-state index contributed by atoms with van der Waals surface area (Å²) >= 11 is 0. The van der Waals surface area contributed by atoms with E-state index >= 15 is 0 Å². The number of hydrogen-bond acceptors (Lipinski definition) is 6. The number of urea groups is 1. The smallest absolute Gasteiger partial charge is 0.318 e. The van der Waals surface area contributed by atoms with E-state index in [1.807, 2.05) is 0 Å². The lowest BCUT2D eigenvalue weighted by molar-refractivity contribution is -0.141. The van der Waals surface area contributed by atoms with E-state index in [2.05, 4.69) is 15.6 Å². The van der Waals surface area contributed by atoms with Gasteiger partial charge in [0.25, 0.3) is 11.8 Å². The molecular weight excluding hydrogens is 290 g/mol. The van der Waals surface area contributed by atoms with E-state index in [4.69, 9.17) is 16.7 Å². The van der Waals surface area contributed by atoms with Gasteiger partial charge in [-0.3, -0.25) is 20.2 Å². The monoisotopic (exact) mass is 309 g/mol. The Morgan fingerprint density at radius 2 is 2.27 bits per heavy atom. The van der Waals surface area contributed by atoms with Crippen LogP contribution in [0, 0.1) is 11.3 Å². The Morgan fingerprint density at radius 1 is 1.64 bits per heavy atom. The van der Waals surface area contributed by atoms with Gasteiger partial charge in [0.05, 0.1) is 12.6 Å². The average Bonchev–Trinajstić information content (AvgIpc) is 2.45. The number of nitrogens with two attached hydrogens (primary N) is 2. The number of rotatable bonds is 4. The number of carbonyl (C=O) groups excluding carboxylic acids is 3. The number of primary amides is 1. The first-order valence-electron chi connectivity index (χ1n) is 6.64. The third-order valence-electron chi connectivity index (χ3n) is 3.22. The first-order chi connectivity index (χ1) is 10.2. The van der Waals surface area contributed by atoms with E-state index in [0.29, 0.717) is 6.42 Å². The minimum atomic E-state index is -1.68. The highest BCUT2D eigenvalue weighted by molar-refractivity contribution is 6.07. The van der Waals surface area contributed by atoms with Gasteiger partial charge in [-0.05, 0) is 6.42 Å². The van der Waals surface area contributed by atoms with E-state index in [1.54, 1.807) is 13.0 Å². The molecule has 1 rings (SSSR count). The molecule has 6 N–H and O–H groups in total. The van der Waals surface area contributed by atoms with Crippen molar-refractivity contribution >= 4 is 23.8 Å². The van der Waals surface area contributed by atoms with E-state index in [-0.39, 0.29) is 18.9 Å². The van der Waals surface area contributed by atoms with Crippen LogP contribution in [0.2, 0.25) is 0 Å². The van der Waals surface area contributed by atoms with Gasteiger partial charge in [0.1, 0.15) is 6.04 Å². The Balaban J connectivity index is 2.86. The van der Waals surface area contributed by atoms with Gasteiger partial charge in [-0.2, -0.15) is 5.26 Å². The molecule has 1 heterocycles. The van der Waals surface area contributed by atoms with Gasteiger partial charge in [-0.25, -0.2) is 9.79 Å². The summed E-state index contributed by atoms with van der Waals surface area (Å²) in [5.41, 5.74) is 9.04. The number of aliphatic imine (C=N–C) groups is 1. The fourth-order valence-electron chi connectivity index (χ4n) is 2.05. The zero-order valence-corrected chi connectivity index (χ0v) is 12.4. The third-order valence-corrected chi connectivity index (χ3v) is 3.22. The summed E-state index contributed by atoms with van der Waals surface area (Å²) in [5, 5.41) is 13.6. The minimum Gasteiger partial charge on any atom is -0.351 e. The standard InChI is InChI=1S/C12H19N7O3/c1-3-4-12(15,6-13)9(21)19(2)7-5-16-11(17-8(7)20)18-10(14)22/h7H,3-5,15H2,1-2H3,(H4,14,16,17,18,20,22). The minimum absolute atomic E-state index is 0.0721. The van der Waals surface area contributed by atoms with E-state index in [1.165, 1.54) is 7.05 Å². The van der Waals surface area contributed by atoms with Crippen molar-refractivity contribution in [3.63, 3.8) is 0 Å². The average molecular weight is 309 g/mol. The molecule has 4 amide bonds. The van der Waals surface area contributed by atoms with Crippen LogP contribution in [0.3, 0.4) is 0 Å². The quantitative estimate of drug-likeness (QED) is 0.470. The summed E-state index contributed by atoms with van der Waals surface area (Å²) in [7, 11) is 1.38. The van der Waals surface area contributed by atoms with Gasteiger partial charge in [0.2, 0.25) is 5.96 Å². The molecule has 0 aliphatic carbocycles. The zero-order valence-electron chi connectivity index (χ0n) is 12.4. The van der Waals surface area contributed by atoms with Crippen LogP contribution in [-0.2, 0) is 9.59 Å². The lowest BCUT2D eigenvalue weighted by atomic mass is 9.94. The van der Waals surface area contributed by atoms with Gasteiger partial charge in [0.15, 0.2) is 5.54 Å². The highest BCUT2D eigenvalue weighted by atomic mass is 16.2. The van der Waals surface area contributed by atoms with Crippen molar-refractivity contribution in [2.24, 2.45) is 16.5 Å². The normalized spacial score (nSPS) is 20.0. The molecule has 0 aromatic heterocycles. The maximum absolute atomic E-state index is 12.4. The molecule has 10 heteroatoms. The number of amides is 4. The number of guanidine groups is 1. The molecule has 0 bridgehead atoms. The van der Waals surface area contributed by atoms with Gasteiger partial charge in [-0.1, -0.05) is 13.3 Å². The Bertz CT molecular complexity index is 553. The van der Waals surface area contributed by atoms with E-state index in [0.717, 1.165) is 4.90 Å². The number of hydrogen-bond donors (Lipinski definition) is 4. The number of likely N-dealkylation sites (N-methyl/N-ethyl adjacent to an activating group) is 1. The van der Waals surface area contributed by atoms with Crippen LogP contribution in [0.15, 0.2) is 4.99 Å². The molecule has 1 aliphatic heterocycles. The van der Waals surface area contributed by atoms with Crippen molar-refractivity contribution in [1.29, 1.82) is 5.26 Å². The largest absolute Gasteiger partial charge is 0.351 e. The van der Waals surface area contributed by atoms with Gasteiger partial charge < -0.3 is 16.4 Å².